The van der Waals surface area contributed by atoms with Crippen molar-refractivity contribution < 1.29 is 5.11 Å². The molecule has 5 nitrogen and oxygen atoms in total. The molecule has 1 heterocycles. The number of aromatic nitrogens is 2. The van der Waals surface area contributed by atoms with Crippen LogP contribution in [0.1, 0.15) is 58.3 Å². The van der Waals surface area contributed by atoms with Crippen molar-refractivity contribution in [2.45, 2.75) is 59.5 Å². The van der Waals surface area contributed by atoms with Gasteiger partial charge in [0.25, 0.3) is 0 Å². The fourth-order valence-corrected chi connectivity index (χ4v) is 2.21. The Morgan fingerprint density at radius 1 is 1.25 bits per heavy atom. The maximum Gasteiger partial charge on any atom is 0.135 e. The Balaban J connectivity index is 2.87. The quantitative estimate of drug-likeness (QED) is 0.746. The van der Waals surface area contributed by atoms with E-state index >= 15 is 0 Å². The number of anilines is 2. The van der Waals surface area contributed by atoms with Gasteiger partial charge in [0.05, 0.1) is 5.60 Å². The van der Waals surface area contributed by atoms with Crippen LogP contribution < -0.4 is 11.1 Å². The molecule has 0 aromatic carbocycles. The lowest BCUT2D eigenvalue weighted by atomic mass is 9.94. The van der Waals surface area contributed by atoms with Crippen molar-refractivity contribution in [3.8, 4) is 0 Å². The molecule has 0 saturated heterocycles. The summed E-state index contributed by atoms with van der Waals surface area (Å²) >= 11 is 0. The first kappa shape index (κ1) is 16.7. The van der Waals surface area contributed by atoms with Gasteiger partial charge in [0, 0.05) is 18.0 Å². The predicted molar refractivity (Wildman–Crippen MR) is 83.8 cm³/mol. The van der Waals surface area contributed by atoms with Gasteiger partial charge >= 0.3 is 0 Å². The van der Waals surface area contributed by atoms with Crippen LogP contribution in [-0.2, 0) is 0 Å². The normalized spacial score (nSPS) is 14.7. The number of hydrogen-bond acceptors (Lipinski definition) is 5. The standard InChI is InChI=1S/C15H28N4O/c1-9(2)7-15(6,20)8-17-14-11(5)12(16)18-13(19-14)10(3)4/h9-10,20H,7-8H2,1-6H3,(H3,16,17,18,19). The molecule has 0 bridgehead atoms. The summed E-state index contributed by atoms with van der Waals surface area (Å²) in [6.07, 6.45) is 0.733. The van der Waals surface area contributed by atoms with Crippen molar-refractivity contribution in [3.63, 3.8) is 0 Å². The number of nitrogens with one attached hydrogen (secondary N) is 1. The second-order valence-electron chi connectivity index (χ2n) is 6.54. The molecule has 4 N–H and O–H groups in total. The molecule has 1 aromatic rings. The summed E-state index contributed by atoms with van der Waals surface area (Å²) in [5, 5.41) is 13.6. The van der Waals surface area contributed by atoms with Crippen LogP contribution in [0.2, 0.25) is 0 Å². The topological polar surface area (TPSA) is 84.1 Å². The van der Waals surface area contributed by atoms with Crippen LogP contribution in [-0.4, -0.2) is 27.2 Å². The molecule has 0 spiro atoms. The summed E-state index contributed by atoms with van der Waals surface area (Å²) in [6, 6.07) is 0. The van der Waals surface area contributed by atoms with Gasteiger partial charge in [-0.3, -0.25) is 0 Å². The molecule has 20 heavy (non-hydrogen) atoms. The van der Waals surface area contributed by atoms with Crippen molar-refractivity contribution in [1.29, 1.82) is 0 Å². The van der Waals surface area contributed by atoms with Gasteiger partial charge in [0.15, 0.2) is 0 Å². The highest BCUT2D eigenvalue weighted by Gasteiger charge is 2.22. The molecule has 5 heteroatoms. The number of hydrogen-bond donors (Lipinski definition) is 3. The smallest absolute Gasteiger partial charge is 0.135 e. The molecule has 0 amide bonds. The molecule has 0 aliphatic rings. The molecule has 0 aliphatic heterocycles. The molecule has 114 valence electrons. The number of nitrogen functional groups attached to an aromatic ring is 1. The van der Waals surface area contributed by atoms with E-state index < -0.39 is 5.60 Å². The zero-order chi connectivity index (χ0) is 15.5. The highest BCUT2D eigenvalue weighted by Crippen LogP contribution is 2.23. The van der Waals surface area contributed by atoms with Crippen LogP contribution in [0.5, 0.6) is 0 Å². The largest absolute Gasteiger partial charge is 0.388 e. The van der Waals surface area contributed by atoms with Crippen molar-refractivity contribution in [3.05, 3.63) is 11.4 Å². The van der Waals surface area contributed by atoms with E-state index in [4.69, 9.17) is 5.73 Å². The zero-order valence-electron chi connectivity index (χ0n) is 13.5. The van der Waals surface area contributed by atoms with Gasteiger partial charge in [-0.25, -0.2) is 9.97 Å². The van der Waals surface area contributed by atoms with E-state index in [9.17, 15) is 5.11 Å². The highest BCUT2D eigenvalue weighted by atomic mass is 16.3. The van der Waals surface area contributed by atoms with E-state index in [2.05, 4.69) is 29.1 Å². The lowest BCUT2D eigenvalue weighted by Gasteiger charge is -2.26. The monoisotopic (exact) mass is 280 g/mol. The van der Waals surface area contributed by atoms with Crippen LogP contribution in [0, 0.1) is 12.8 Å². The van der Waals surface area contributed by atoms with Gasteiger partial charge in [-0.05, 0) is 26.2 Å². The fraction of sp³-hybridized carbons (Fsp3) is 0.733. The molecule has 1 atom stereocenters. The molecular weight excluding hydrogens is 252 g/mol. The Morgan fingerprint density at radius 3 is 2.35 bits per heavy atom. The summed E-state index contributed by atoms with van der Waals surface area (Å²) in [5.74, 6) is 2.59. The predicted octanol–water partition coefficient (Wildman–Crippen LogP) is 2.70. The maximum atomic E-state index is 10.3. The average molecular weight is 280 g/mol. The average Bonchev–Trinajstić information content (AvgIpc) is 2.28. The van der Waals surface area contributed by atoms with Gasteiger partial charge in [0.1, 0.15) is 17.5 Å². The minimum absolute atomic E-state index is 0.217. The first-order valence-electron chi connectivity index (χ1n) is 7.22. The van der Waals surface area contributed by atoms with Crippen molar-refractivity contribution in [1.82, 2.24) is 9.97 Å². The molecule has 0 aliphatic carbocycles. The van der Waals surface area contributed by atoms with Gasteiger partial charge < -0.3 is 16.2 Å². The van der Waals surface area contributed by atoms with Crippen LogP contribution >= 0.6 is 0 Å². The third kappa shape index (κ3) is 4.63. The van der Waals surface area contributed by atoms with Gasteiger partial charge in [-0.15, -0.1) is 0 Å². The highest BCUT2D eigenvalue weighted by molar-refractivity contribution is 5.55. The molecular formula is C15H28N4O. The minimum Gasteiger partial charge on any atom is -0.388 e. The van der Waals surface area contributed by atoms with Gasteiger partial charge in [-0.1, -0.05) is 27.7 Å². The number of nitrogens with zero attached hydrogens (tertiary/aromatic N) is 2. The van der Waals surface area contributed by atoms with Gasteiger partial charge in [0.2, 0.25) is 0 Å². The lowest BCUT2D eigenvalue weighted by Crippen LogP contribution is -2.35. The minimum atomic E-state index is -0.766. The third-order valence-electron chi connectivity index (χ3n) is 3.20. The van der Waals surface area contributed by atoms with Crippen molar-refractivity contribution in [2.75, 3.05) is 17.6 Å². The SMILES string of the molecule is Cc1c(N)nc(C(C)C)nc1NCC(C)(O)CC(C)C. The molecule has 0 fully saturated rings. The van der Waals surface area contributed by atoms with E-state index in [-0.39, 0.29) is 5.92 Å². The zero-order valence-corrected chi connectivity index (χ0v) is 13.5. The summed E-state index contributed by atoms with van der Waals surface area (Å²) in [7, 11) is 0. The summed E-state index contributed by atoms with van der Waals surface area (Å²) in [5.41, 5.74) is 5.99. The maximum absolute atomic E-state index is 10.3. The first-order valence-corrected chi connectivity index (χ1v) is 7.22. The Labute approximate surface area is 122 Å². The van der Waals surface area contributed by atoms with E-state index in [1.807, 2.05) is 27.7 Å². The van der Waals surface area contributed by atoms with Crippen LogP contribution in [0.3, 0.4) is 0 Å². The van der Waals surface area contributed by atoms with E-state index in [1.54, 1.807) is 0 Å². The Kier molecular flexibility index (Phi) is 5.34. The number of rotatable bonds is 6. The summed E-state index contributed by atoms with van der Waals surface area (Å²) in [6.45, 7) is 12.4. The van der Waals surface area contributed by atoms with Crippen LogP contribution in [0.4, 0.5) is 11.6 Å². The summed E-state index contributed by atoms with van der Waals surface area (Å²) in [4.78, 5) is 8.79. The first-order chi connectivity index (χ1) is 9.12. The van der Waals surface area contributed by atoms with E-state index in [0.717, 1.165) is 17.8 Å². The molecule has 1 unspecified atom stereocenters. The Hall–Kier alpha value is -1.36. The molecule has 1 rings (SSSR count). The van der Waals surface area contributed by atoms with Crippen molar-refractivity contribution >= 4 is 11.6 Å². The van der Waals surface area contributed by atoms with E-state index in [1.165, 1.54) is 0 Å². The summed E-state index contributed by atoms with van der Waals surface area (Å²) < 4.78 is 0. The lowest BCUT2D eigenvalue weighted by molar-refractivity contribution is 0.0514. The third-order valence-corrected chi connectivity index (χ3v) is 3.20. The second kappa shape index (κ2) is 6.39. The fourth-order valence-electron chi connectivity index (χ4n) is 2.21. The number of aliphatic hydroxyl groups is 1. The molecule has 1 aromatic heterocycles. The number of nitrogens with two attached hydrogens (primary N) is 1. The second-order valence-corrected chi connectivity index (χ2v) is 6.54. The molecule has 0 saturated carbocycles. The Bertz CT molecular complexity index is 455. The van der Waals surface area contributed by atoms with Crippen molar-refractivity contribution in [2.24, 2.45) is 5.92 Å². The Morgan fingerprint density at radius 2 is 1.85 bits per heavy atom. The van der Waals surface area contributed by atoms with Gasteiger partial charge in [-0.2, -0.15) is 0 Å². The molecule has 0 radical (unpaired) electrons. The van der Waals surface area contributed by atoms with E-state index in [0.29, 0.717) is 24.1 Å². The van der Waals surface area contributed by atoms with Crippen LogP contribution in [0.15, 0.2) is 0 Å². The van der Waals surface area contributed by atoms with Crippen LogP contribution in [0.25, 0.3) is 0 Å².